The molecule has 19 heavy (non-hydrogen) atoms. The highest BCUT2D eigenvalue weighted by molar-refractivity contribution is 5.74. The summed E-state index contributed by atoms with van der Waals surface area (Å²) in [6.45, 7) is 8.67. The molecule has 3 nitrogen and oxygen atoms in total. The van der Waals surface area contributed by atoms with Gasteiger partial charge in [0.05, 0.1) is 0 Å². The van der Waals surface area contributed by atoms with Crippen molar-refractivity contribution in [1.29, 1.82) is 0 Å². The van der Waals surface area contributed by atoms with E-state index in [0.717, 1.165) is 6.42 Å². The van der Waals surface area contributed by atoms with Gasteiger partial charge in [-0.25, -0.2) is 0 Å². The smallest absolute Gasteiger partial charge is 0.218 e. The van der Waals surface area contributed by atoms with Gasteiger partial charge in [0.2, 0.25) is 5.91 Å². The molecule has 0 radical (unpaired) electrons. The third-order valence-electron chi connectivity index (χ3n) is 3.55. The highest BCUT2D eigenvalue weighted by Crippen LogP contribution is 2.23. The van der Waals surface area contributed by atoms with Gasteiger partial charge in [0.15, 0.2) is 0 Å². The van der Waals surface area contributed by atoms with Gasteiger partial charge < -0.3 is 11.5 Å². The quantitative estimate of drug-likeness (QED) is 0.855. The molecule has 0 spiro atoms. The summed E-state index contributed by atoms with van der Waals surface area (Å²) in [4.78, 5) is 10.9. The molecule has 0 aromatic heterocycles. The van der Waals surface area contributed by atoms with Crippen LogP contribution < -0.4 is 11.5 Å². The zero-order valence-corrected chi connectivity index (χ0v) is 12.4. The van der Waals surface area contributed by atoms with E-state index in [2.05, 4.69) is 52.0 Å². The van der Waals surface area contributed by atoms with Crippen molar-refractivity contribution < 1.29 is 4.79 Å². The summed E-state index contributed by atoms with van der Waals surface area (Å²) in [6, 6.07) is 8.46. The van der Waals surface area contributed by atoms with Crippen LogP contribution in [-0.4, -0.2) is 11.9 Å². The molecular formula is C16H26N2O. The topological polar surface area (TPSA) is 69.1 Å². The maximum absolute atomic E-state index is 10.9. The van der Waals surface area contributed by atoms with E-state index in [1.165, 1.54) is 11.1 Å². The van der Waals surface area contributed by atoms with Crippen LogP contribution in [0.1, 0.15) is 45.2 Å². The van der Waals surface area contributed by atoms with Gasteiger partial charge >= 0.3 is 0 Å². The molecule has 0 heterocycles. The van der Waals surface area contributed by atoms with E-state index in [4.69, 9.17) is 11.5 Å². The summed E-state index contributed by atoms with van der Waals surface area (Å²) in [5.74, 6) is -0.0876. The minimum atomic E-state index is -0.331. The second-order valence-corrected chi connectivity index (χ2v) is 6.46. The average Bonchev–Trinajstić information content (AvgIpc) is 2.27. The Bertz CT molecular complexity index is 417. The summed E-state index contributed by atoms with van der Waals surface area (Å²) in [5, 5.41) is 0. The highest BCUT2D eigenvalue weighted by atomic mass is 16.1. The summed E-state index contributed by atoms with van der Waals surface area (Å²) < 4.78 is 0. The fraction of sp³-hybridized carbons (Fsp3) is 0.562. The molecule has 0 aliphatic rings. The van der Waals surface area contributed by atoms with Crippen molar-refractivity contribution in [2.45, 2.75) is 52.0 Å². The van der Waals surface area contributed by atoms with Crippen LogP contribution in [-0.2, 0) is 16.6 Å². The van der Waals surface area contributed by atoms with Crippen LogP contribution in [0.5, 0.6) is 0 Å². The van der Waals surface area contributed by atoms with E-state index in [1.807, 2.05) is 0 Å². The van der Waals surface area contributed by atoms with E-state index in [0.29, 0.717) is 0 Å². The fourth-order valence-electron chi connectivity index (χ4n) is 2.10. The molecule has 0 saturated heterocycles. The van der Waals surface area contributed by atoms with E-state index in [9.17, 15) is 4.79 Å². The molecule has 1 aromatic carbocycles. The minimum absolute atomic E-state index is 0.167. The van der Waals surface area contributed by atoms with Gasteiger partial charge in [0.1, 0.15) is 0 Å². The summed E-state index contributed by atoms with van der Waals surface area (Å²) in [6.07, 6.45) is 1.13. The molecule has 0 bridgehead atoms. The van der Waals surface area contributed by atoms with E-state index < -0.39 is 0 Å². The van der Waals surface area contributed by atoms with Crippen LogP contribution in [0.3, 0.4) is 0 Å². The Morgan fingerprint density at radius 2 is 1.74 bits per heavy atom. The van der Waals surface area contributed by atoms with Crippen LogP contribution in [0, 0.1) is 5.92 Å². The summed E-state index contributed by atoms with van der Waals surface area (Å²) >= 11 is 0. The second kappa shape index (κ2) is 6.20. The van der Waals surface area contributed by atoms with E-state index in [1.54, 1.807) is 0 Å². The molecule has 1 aromatic rings. The van der Waals surface area contributed by atoms with Crippen molar-refractivity contribution in [3.8, 4) is 0 Å². The standard InChI is InChI=1S/C16H26N2O/c1-11(14(17)10-15(18)19)9-12-5-7-13(8-6-12)16(2,3)4/h5-8,11,14H,9-10,17H2,1-4H3,(H2,18,19). The molecule has 0 aliphatic carbocycles. The number of carbonyl (C=O) groups is 1. The number of benzene rings is 1. The largest absolute Gasteiger partial charge is 0.370 e. The first-order valence-corrected chi connectivity index (χ1v) is 6.83. The van der Waals surface area contributed by atoms with Crippen LogP contribution in [0.15, 0.2) is 24.3 Å². The predicted octanol–water partition coefficient (Wildman–Crippen LogP) is 2.37. The van der Waals surface area contributed by atoms with Crippen molar-refractivity contribution in [1.82, 2.24) is 0 Å². The molecule has 0 aliphatic heterocycles. The number of hydrogen-bond donors (Lipinski definition) is 2. The molecule has 3 heteroatoms. The van der Waals surface area contributed by atoms with Gasteiger partial charge in [-0.15, -0.1) is 0 Å². The van der Waals surface area contributed by atoms with Crippen molar-refractivity contribution in [2.75, 3.05) is 0 Å². The molecule has 106 valence electrons. The molecule has 0 fully saturated rings. The van der Waals surface area contributed by atoms with Gasteiger partial charge in [-0.05, 0) is 28.9 Å². The zero-order chi connectivity index (χ0) is 14.6. The number of nitrogens with two attached hydrogens (primary N) is 2. The molecule has 0 saturated carbocycles. The number of carbonyl (C=O) groups excluding carboxylic acids is 1. The number of amides is 1. The fourth-order valence-corrected chi connectivity index (χ4v) is 2.10. The maximum Gasteiger partial charge on any atom is 0.218 e. The van der Waals surface area contributed by atoms with Crippen LogP contribution in [0.4, 0.5) is 0 Å². The summed E-state index contributed by atoms with van der Waals surface area (Å²) in [5.41, 5.74) is 13.9. The van der Waals surface area contributed by atoms with Crippen LogP contribution in [0.2, 0.25) is 0 Å². The third kappa shape index (κ3) is 5.03. The SMILES string of the molecule is CC(Cc1ccc(C(C)(C)C)cc1)C(N)CC(N)=O. The highest BCUT2D eigenvalue weighted by Gasteiger charge is 2.17. The first-order valence-electron chi connectivity index (χ1n) is 6.83. The van der Waals surface area contributed by atoms with Crippen molar-refractivity contribution in [3.05, 3.63) is 35.4 Å². The number of hydrogen-bond acceptors (Lipinski definition) is 2. The molecule has 1 rings (SSSR count). The van der Waals surface area contributed by atoms with E-state index in [-0.39, 0.29) is 29.7 Å². The van der Waals surface area contributed by atoms with Gasteiger partial charge in [-0.2, -0.15) is 0 Å². The zero-order valence-electron chi connectivity index (χ0n) is 12.4. The van der Waals surface area contributed by atoms with Crippen molar-refractivity contribution in [2.24, 2.45) is 17.4 Å². The minimum Gasteiger partial charge on any atom is -0.370 e. The molecule has 1 amide bonds. The second-order valence-electron chi connectivity index (χ2n) is 6.46. The first kappa shape index (κ1) is 15.7. The van der Waals surface area contributed by atoms with Crippen molar-refractivity contribution in [3.63, 3.8) is 0 Å². The summed E-state index contributed by atoms with van der Waals surface area (Å²) in [7, 11) is 0. The third-order valence-corrected chi connectivity index (χ3v) is 3.55. The Labute approximate surface area is 116 Å². The van der Waals surface area contributed by atoms with Gasteiger partial charge in [-0.3, -0.25) is 4.79 Å². The number of rotatable bonds is 5. The van der Waals surface area contributed by atoms with Crippen LogP contribution in [0.25, 0.3) is 0 Å². The monoisotopic (exact) mass is 262 g/mol. The lowest BCUT2D eigenvalue weighted by Crippen LogP contribution is -2.34. The van der Waals surface area contributed by atoms with Gasteiger partial charge in [0.25, 0.3) is 0 Å². The van der Waals surface area contributed by atoms with Crippen LogP contribution >= 0.6 is 0 Å². The van der Waals surface area contributed by atoms with Gasteiger partial charge in [0, 0.05) is 12.5 Å². The lowest BCUT2D eigenvalue weighted by molar-refractivity contribution is -0.118. The Hall–Kier alpha value is -1.35. The average molecular weight is 262 g/mol. The molecule has 2 atom stereocenters. The van der Waals surface area contributed by atoms with Gasteiger partial charge in [-0.1, -0.05) is 52.0 Å². The van der Waals surface area contributed by atoms with Crippen molar-refractivity contribution >= 4 is 5.91 Å². The Morgan fingerprint density at radius 3 is 2.16 bits per heavy atom. The Balaban J connectivity index is 2.65. The predicted molar refractivity (Wildman–Crippen MR) is 79.8 cm³/mol. The lowest BCUT2D eigenvalue weighted by Gasteiger charge is -2.21. The Kier molecular flexibility index (Phi) is 5.12. The molecule has 4 N–H and O–H groups in total. The lowest BCUT2D eigenvalue weighted by atomic mass is 9.85. The molecule has 2 unspecified atom stereocenters. The molecular weight excluding hydrogens is 236 g/mol. The number of primary amides is 1. The Morgan fingerprint density at radius 1 is 1.21 bits per heavy atom. The first-order chi connectivity index (χ1) is 8.70. The normalized spacial score (nSPS) is 15.0. The van der Waals surface area contributed by atoms with E-state index >= 15 is 0 Å². The maximum atomic E-state index is 10.9.